The minimum Gasteiger partial charge on any atom is -0.444 e. The van der Waals surface area contributed by atoms with Crippen molar-refractivity contribution in [2.24, 2.45) is 17.8 Å². The monoisotopic (exact) mass is 785 g/mol. The molecule has 4 aromatic rings. The smallest absolute Gasteiger partial charge is 0.407 e. The standard InChI is InChI=1S/C41H51N7O7S/c1-27-8-17-35(56(52,53)48-18-20-54-21-19-48)25-36(27)32-7-5-6-29(22-32)23-33(39(50)43-34-15-13-31(14-16-34)38-44-46-47-45-38)24-37(49)30-11-9-28(10-12-30)26-42-40(51)55-41(2,3)4/h5-8,13-17,22,25,28,30,33H,9-12,18-21,23-24,26H2,1-4H3,(H,42,51)(H,43,50)(H,44,45,46,47)/t28?,30?,33-/m1/s1. The number of hydrogen-bond acceptors (Lipinski definition) is 10. The first kappa shape index (κ1) is 40.7. The number of ketones is 1. The number of morpholine rings is 1. The molecule has 1 saturated heterocycles. The summed E-state index contributed by atoms with van der Waals surface area (Å²) in [4.78, 5) is 40.3. The number of alkyl carbamates (subject to hydrolysis) is 1. The summed E-state index contributed by atoms with van der Waals surface area (Å²) in [5, 5.41) is 19.9. The maximum Gasteiger partial charge on any atom is 0.407 e. The van der Waals surface area contributed by atoms with Gasteiger partial charge in [-0.1, -0.05) is 30.3 Å². The van der Waals surface area contributed by atoms with E-state index in [9.17, 15) is 22.8 Å². The highest BCUT2D eigenvalue weighted by Gasteiger charge is 2.31. The number of nitrogens with zero attached hydrogens (tertiary/aromatic N) is 4. The summed E-state index contributed by atoms with van der Waals surface area (Å²) < 4.78 is 39.2. The van der Waals surface area contributed by atoms with Crippen LogP contribution in [0, 0.1) is 24.7 Å². The highest BCUT2D eigenvalue weighted by molar-refractivity contribution is 7.89. The molecule has 3 N–H and O–H groups in total. The number of rotatable bonds is 13. The Hall–Kier alpha value is -4.99. The zero-order valence-electron chi connectivity index (χ0n) is 32.4. The van der Waals surface area contributed by atoms with Crippen LogP contribution in [-0.2, 0) is 35.5 Å². The number of carbonyl (C=O) groups is 3. The number of benzene rings is 3. The Balaban J connectivity index is 1.17. The summed E-state index contributed by atoms with van der Waals surface area (Å²) in [5.41, 5.74) is 4.08. The number of carbonyl (C=O) groups excluding carboxylic acids is 3. The molecule has 3 aromatic carbocycles. The third-order valence-corrected chi connectivity index (χ3v) is 12.2. The number of nitrogens with one attached hydrogen (secondary N) is 3. The van der Waals surface area contributed by atoms with Gasteiger partial charge in [0.1, 0.15) is 11.4 Å². The molecule has 2 amide bonds. The Kier molecular flexibility index (Phi) is 13.0. The number of H-pyrrole nitrogens is 1. The Morgan fingerprint density at radius 2 is 1.70 bits per heavy atom. The molecular weight excluding hydrogens is 735 g/mol. The van der Waals surface area contributed by atoms with Crippen molar-refractivity contribution in [3.05, 3.63) is 77.9 Å². The maximum absolute atomic E-state index is 14.0. The van der Waals surface area contributed by atoms with Crippen molar-refractivity contribution in [2.75, 3.05) is 38.2 Å². The first-order valence-corrected chi connectivity index (χ1v) is 20.6. The van der Waals surface area contributed by atoms with Gasteiger partial charge >= 0.3 is 6.09 Å². The second-order valence-electron chi connectivity index (χ2n) is 15.7. The summed E-state index contributed by atoms with van der Waals surface area (Å²) in [6, 6.07) is 20.0. The lowest BCUT2D eigenvalue weighted by Crippen LogP contribution is -2.40. The largest absolute Gasteiger partial charge is 0.444 e. The molecule has 56 heavy (non-hydrogen) atoms. The molecule has 0 radical (unpaired) electrons. The maximum atomic E-state index is 14.0. The molecule has 2 aliphatic rings. The molecule has 1 atom stereocenters. The van der Waals surface area contributed by atoms with Crippen LogP contribution in [0.4, 0.5) is 10.5 Å². The fraction of sp³-hybridized carbons (Fsp3) is 0.463. The van der Waals surface area contributed by atoms with Gasteiger partial charge in [-0.2, -0.15) is 9.52 Å². The van der Waals surface area contributed by atoms with Crippen molar-refractivity contribution >= 4 is 33.5 Å². The summed E-state index contributed by atoms with van der Waals surface area (Å²) in [5.74, 6) is -0.404. The SMILES string of the molecule is Cc1ccc(S(=O)(=O)N2CCOCC2)cc1-c1cccc(C[C@H](CC(=O)C2CCC(CNC(=O)OC(C)(C)C)CC2)C(=O)Nc2ccc(-c3nn[nH]n3)cc2)c1. The number of hydrogen-bond donors (Lipinski definition) is 3. The number of aryl methyl sites for hydroxylation is 1. The van der Waals surface area contributed by atoms with E-state index in [-0.39, 0.29) is 34.8 Å². The van der Waals surface area contributed by atoms with E-state index in [1.54, 1.807) is 36.4 Å². The van der Waals surface area contributed by atoms with Gasteiger partial charge < -0.3 is 20.1 Å². The third-order valence-electron chi connectivity index (χ3n) is 10.3. The highest BCUT2D eigenvalue weighted by atomic mass is 32.2. The van der Waals surface area contributed by atoms with Gasteiger partial charge in [-0.15, -0.1) is 10.2 Å². The lowest BCUT2D eigenvalue weighted by atomic mass is 9.77. The quantitative estimate of drug-likeness (QED) is 0.146. The van der Waals surface area contributed by atoms with Gasteiger partial charge in [0.05, 0.1) is 18.1 Å². The first-order valence-electron chi connectivity index (χ1n) is 19.2. The molecule has 14 nitrogen and oxygen atoms in total. The molecule has 2 heterocycles. The number of sulfonamides is 1. The third kappa shape index (κ3) is 10.6. The molecule has 2 fully saturated rings. The van der Waals surface area contributed by atoms with Crippen molar-refractivity contribution in [1.29, 1.82) is 0 Å². The summed E-state index contributed by atoms with van der Waals surface area (Å²) in [6.07, 6.45) is 2.86. The fourth-order valence-corrected chi connectivity index (χ4v) is 8.72. The van der Waals surface area contributed by atoms with Crippen LogP contribution < -0.4 is 10.6 Å². The predicted molar refractivity (Wildman–Crippen MR) is 211 cm³/mol. The Labute approximate surface area is 328 Å². The average molecular weight is 786 g/mol. The van der Waals surface area contributed by atoms with Crippen molar-refractivity contribution in [2.45, 2.75) is 76.7 Å². The van der Waals surface area contributed by atoms with Crippen molar-refractivity contribution in [1.82, 2.24) is 30.2 Å². The van der Waals surface area contributed by atoms with Crippen LogP contribution in [0.15, 0.2) is 71.6 Å². The zero-order chi connectivity index (χ0) is 39.9. The van der Waals surface area contributed by atoms with Crippen LogP contribution >= 0.6 is 0 Å². The van der Waals surface area contributed by atoms with E-state index in [0.29, 0.717) is 63.6 Å². The van der Waals surface area contributed by atoms with Crippen LogP contribution in [0.5, 0.6) is 0 Å². The summed E-state index contributed by atoms with van der Waals surface area (Å²) in [7, 11) is -3.71. The average Bonchev–Trinajstić information content (AvgIpc) is 3.73. The Morgan fingerprint density at radius 1 is 0.964 bits per heavy atom. The van der Waals surface area contributed by atoms with Crippen molar-refractivity contribution < 1.29 is 32.3 Å². The number of anilines is 1. The molecule has 0 spiro atoms. The minimum atomic E-state index is -3.71. The van der Waals surface area contributed by atoms with Gasteiger partial charge in [0.2, 0.25) is 21.8 Å². The number of tetrazole rings is 1. The van der Waals surface area contributed by atoms with E-state index in [4.69, 9.17) is 9.47 Å². The predicted octanol–water partition coefficient (Wildman–Crippen LogP) is 5.95. The lowest BCUT2D eigenvalue weighted by Gasteiger charge is -2.29. The highest BCUT2D eigenvalue weighted by Crippen LogP contribution is 2.33. The summed E-state index contributed by atoms with van der Waals surface area (Å²) in [6.45, 7) is 9.22. The Morgan fingerprint density at radius 3 is 2.38 bits per heavy atom. The molecule has 0 unspecified atom stereocenters. The van der Waals surface area contributed by atoms with Crippen LogP contribution in [0.2, 0.25) is 0 Å². The second kappa shape index (κ2) is 17.9. The number of Topliss-reactive ketones (excluding diaryl/α,β-unsaturated/α-hetero) is 1. The van der Waals surface area contributed by atoms with E-state index in [1.807, 2.05) is 58.0 Å². The minimum absolute atomic E-state index is 0.0455. The molecule has 6 rings (SSSR count). The van der Waals surface area contributed by atoms with Gasteiger partial charge in [0.25, 0.3) is 0 Å². The second-order valence-corrected chi connectivity index (χ2v) is 17.6. The Bertz CT molecular complexity index is 2090. The normalized spacial score (nSPS) is 18.5. The molecule has 298 valence electrons. The lowest BCUT2D eigenvalue weighted by molar-refractivity contribution is -0.129. The van der Waals surface area contributed by atoms with E-state index in [1.165, 1.54) is 4.31 Å². The van der Waals surface area contributed by atoms with Crippen LogP contribution in [-0.4, -0.2) is 89.6 Å². The van der Waals surface area contributed by atoms with Crippen LogP contribution in [0.25, 0.3) is 22.5 Å². The molecule has 1 aliphatic carbocycles. The van der Waals surface area contributed by atoms with Gasteiger partial charge in [-0.3, -0.25) is 9.59 Å². The van der Waals surface area contributed by atoms with Gasteiger partial charge in [-0.25, -0.2) is 13.2 Å². The molecule has 15 heteroatoms. The first-order chi connectivity index (χ1) is 26.7. The topological polar surface area (TPSA) is 186 Å². The molecule has 0 bridgehead atoms. The van der Waals surface area contributed by atoms with Crippen molar-refractivity contribution in [3.63, 3.8) is 0 Å². The van der Waals surface area contributed by atoms with Crippen molar-refractivity contribution in [3.8, 4) is 22.5 Å². The number of amides is 2. The summed E-state index contributed by atoms with van der Waals surface area (Å²) >= 11 is 0. The molecular formula is C41H51N7O7S. The van der Waals surface area contributed by atoms with E-state index in [2.05, 4.69) is 31.3 Å². The number of ether oxygens (including phenoxy) is 2. The molecule has 1 aromatic heterocycles. The fourth-order valence-electron chi connectivity index (χ4n) is 7.29. The number of aromatic amines is 1. The van der Waals surface area contributed by atoms with Gasteiger partial charge in [0, 0.05) is 49.1 Å². The van der Waals surface area contributed by atoms with E-state index < -0.39 is 27.6 Å². The van der Waals surface area contributed by atoms with Gasteiger partial charge in [-0.05, 0) is 130 Å². The number of aromatic nitrogens is 4. The van der Waals surface area contributed by atoms with E-state index in [0.717, 1.165) is 40.7 Å². The van der Waals surface area contributed by atoms with Crippen LogP contribution in [0.1, 0.15) is 64.0 Å². The van der Waals surface area contributed by atoms with E-state index >= 15 is 0 Å². The van der Waals surface area contributed by atoms with Crippen LogP contribution in [0.3, 0.4) is 0 Å². The molecule has 1 saturated carbocycles. The molecule has 1 aliphatic heterocycles. The van der Waals surface area contributed by atoms with Gasteiger partial charge in [0.15, 0.2) is 0 Å². The zero-order valence-corrected chi connectivity index (χ0v) is 33.2.